The predicted molar refractivity (Wildman–Crippen MR) is 82.9 cm³/mol. The van der Waals surface area contributed by atoms with E-state index in [2.05, 4.69) is 0 Å². The van der Waals surface area contributed by atoms with Gasteiger partial charge in [-0.25, -0.2) is 4.39 Å². The van der Waals surface area contributed by atoms with Gasteiger partial charge in [0.15, 0.2) is 0 Å². The van der Waals surface area contributed by atoms with Crippen LogP contribution in [0.5, 0.6) is 5.75 Å². The number of nitrogens with zero attached hydrogens (tertiary/aromatic N) is 1. The van der Waals surface area contributed by atoms with Crippen molar-refractivity contribution in [3.8, 4) is 5.75 Å². The van der Waals surface area contributed by atoms with E-state index in [-0.39, 0.29) is 11.7 Å². The normalized spacial score (nSPS) is 10.8. The molecule has 0 saturated heterocycles. The van der Waals surface area contributed by atoms with Gasteiger partial charge in [0.05, 0.1) is 6.54 Å². The SMILES string of the molecule is CN(CCOc1ccc(F)cc1)C(=O)/C=C/c1cccs1. The number of ether oxygens (including phenoxy) is 1. The molecule has 2 rings (SSSR count). The average Bonchev–Trinajstić information content (AvgIpc) is 3.00. The third kappa shape index (κ3) is 5.04. The Balaban J connectivity index is 1.74. The molecule has 0 aliphatic carbocycles. The van der Waals surface area contributed by atoms with Gasteiger partial charge in [-0.05, 0) is 41.8 Å². The molecule has 0 saturated carbocycles. The smallest absolute Gasteiger partial charge is 0.246 e. The van der Waals surface area contributed by atoms with Gasteiger partial charge in [-0.3, -0.25) is 4.79 Å². The molecule has 0 aliphatic heterocycles. The van der Waals surface area contributed by atoms with Crippen molar-refractivity contribution in [3.05, 3.63) is 58.5 Å². The summed E-state index contributed by atoms with van der Waals surface area (Å²) in [6.45, 7) is 0.825. The minimum atomic E-state index is -0.298. The topological polar surface area (TPSA) is 29.5 Å². The van der Waals surface area contributed by atoms with Gasteiger partial charge in [0, 0.05) is 18.0 Å². The van der Waals surface area contributed by atoms with Gasteiger partial charge in [0.25, 0.3) is 0 Å². The van der Waals surface area contributed by atoms with Crippen molar-refractivity contribution < 1.29 is 13.9 Å². The standard InChI is InChI=1S/C16H16FNO2S/c1-18(16(19)9-8-15-3-2-12-21-15)10-11-20-14-6-4-13(17)5-7-14/h2-9,12H,10-11H2,1H3/b9-8+. The molecule has 0 radical (unpaired) electrons. The minimum absolute atomic E-state index is 0.0777. The second-order valence-corrected chi connectivity index (χ2v) is 5.39. The molecule has 0 atom stereocenters. The van der Waals surface area contributed by atoms with Crippen molar-refractivity contribution in [2.24, 2.45) is 0 Å². The lowest BCUT2D eigenvalue weighted by Crippen LogP contribution is -2.29. The number of carbonyl (C=O) groups is 1. The zero-order valence-corrected chi connectivity index (χ0v) is 12.5. The molecule has 0 fully saturated rings. The van der Waals surface area contributed by atoms with E-state index >= 15 is 0 Å². The van der Waals surface area contributed by atoms with Crippen molar-refractivity contribution >= 4 is 23.3 Å². The molecule has 0 aliphatic rings. The number of benzene rings is 1. The van der Waals surface area contributed by atoms with Crippen LogP contribution in [0.25, 0.3) is 6.08 Å². The first kappa shape index (κ1) is 15.3. The number of thiophene rings is 1. The van der Waals surface area contributed by atoms with Crippen LogP contribution in [0.2, 0.25) is 0 Å². The summed E-state index contributed by atoms with van der Waals surface area (Å²) < 4.78 is 18.2. The van der Waals surface area contributed by atoms with Gasteiger partial charge in [0.2, 0.25) is 5.91 Å². The molecule has 21 heavy (non-hydrogen) atoms. The van der Waals surface area contributed by atoms with Crippen LogP contribution in [0.1, 0.15) is 4.88 Å². The zero-order valence-electron chi connectivity index (χ0n) is 11.7. The van der Waals surface area contributed by atoms with Crippen LogP contribution in [-0.2, 0) is 4.79 Å². The number of hydrogen-bond acceptors (Lipinski definition) is 3. The molecule has 1 aromatic heterocycles. The molecule has 0 N–H and O–H groups in total. The Bertz CT molecular complexity index is 593. The van der Waals surface area contributed by atoms with Gasteiger partial charge in [-0.15, -0.1) is 11.3 Å². The number of likely N-dealkylation sites (N-methyl/N-ethyl adjacent to an activating group) is 1. The highest BCUT2D eigenvalue weighted by Gasteiger charge is 2.05. The minimum Gasteiger partial charge on any atom is -0.492 e. The van der Waals surface area contributed by atoms with E-state index in [9.17, 15) is 9.18 Å². The van der Waals surface area contributed by atoms with Gasteiger partial charge in [-0.1, -0.05) is 6.07 Å². The average molecular weight is 305 g/mol. The Kier molecular flexibility index (Phi) is 5.51. The van der Waals surface area contributed by atoms with Crippen LogP contribution in [0.15, 0.2) is 47.9 Å². The van der Waals surface area contributed by atoms with Crippen LogP contribution < -0.4 is 4.74 Å². The number of hydrogen-bond donors (Lipinski definition) is 0. The van der Waals surface area contributed by atoms with E-state index in [1.807, 2.05) is 17.5 Å². The van der Waals surface area contributed by atoms with Gasteiger partial charge >= 0.3 is 0 Å². The molecule has 110 valence electrons. The molecule has 2 aromatic rings. The van der Waals surface area contributed by atoms with E-state index < -0.39 is 0 Å². The van der Waals surface area contributed by atoms with E-state index in [1.54, 1.807) is 47.6 Å². The molecule has 0 spiro atoms. The summed E-state index contributed by atoms with van der Waals surface area (Å²) in [6.07, 6.45) is 3.34. The largest absolute Gasteiger partial charge is 0.492 e. The monoisotopic (exact) mass is 305 g/mol. The summed E-state index contributed by atoms with van der Waals surface area (Å²) in [5.41, 5.74) is 0. The van der Waals surface area contributed by atoms with Crippen LogP contribution in [0, 0.1) is 5.82 Å². The van der Waals surface area contributed by atoms with Gasteiger partial charge in [-0.2, -0.15) is 0 Å². The lowest BCUT2D eigenvalue weighted by Gasteiger charge is -2.15. The Morgan fingerprint density at radius 2 is 2.10 bits per heavy atom. The summed E-state index contributed by atoms with van der Waals surface area (Å²) in [5.74, 6) is 0.214. The fourth-order valence-corrected chi connectivity index (χ4v) is 2.23. The number of amides is 1. The molecule has 5 heteroatoms. The number of rotatable bonds is 6. The molecule has 1 amide bonds. The fraction of sp³-hybridized carbons (Fsp3) is 0.188. The molecule has 1 aromatic carbocycles. The van der Waals surface area contributed by atoms with Crippen molar-refractivity contribution in [3.63, 3.8) is 0 Å². The zero-order chi connectivity index (χ0) is 15.1. The maximum atomic E-state index is 12.7. The molecular formula is C16H16FNO2S. The first-order valence-corrected chi connectivity index (χ1v) is 7.38. The lowest BCUT2D eigenvalue weighted by molar-refractivity contribution is -0.125. The van der Waals surface area contributed by atoms with Crippen molar-refractivity contribution in [2.45, 2.75) is 0 Å². The maximum Gasteiger partial charge on any atom is 0.246 e. The summed E-state index contributed by atoms with van der Waals surface area (Å²) in [4.78, 5) is 14.5. The summed E-state index contributed by atoms with van der Waals surface area (Å²) >= 11 is 1.58. The number of carbonyl (C=O) groups excluding carboxylic acids is 1. The molecule has 1 heterocycles. The Hall–Kier alpha value is -2.14. The van der Waals surface area contributed by atoms with E-state index in [1.165, 1.54) is 12.1 Å². The summed E-state index contributed by atoms with van der Waals surface area (Å²) in [5, 5.41) is 1.96. The van der Waals surface area contributed by atoms with Crippen LogP contribution in [0.3, 0.4) is 0 Å². The molecule has 0 unspecified atom stereocenters. The Morgan fingerprint density at radius 3 is 2.76 bits per heavy atom. The predicted octanol–water partition coefficient (Wildman–Crippen LogP) is 3.44. The molecule has 0 bridgehead atoms. The van der Waals surface area contributed by atoms with Gasteiger partial charge in [0.1, 0.15) is 18.2 Å². The van der Waals surface area contributed by atoms with Crippen molar-refractivity contribution in [2.75, 3.05) is 20.2 Å². The molecule has 3 nitrogen and oxygen atoms in total. The van der Waals surface area contributed by atoms with Crippen LogP contribution in [0.4, 0.5) is 4.39 Å². The van der Waals surface area contributed by atoms with Gasteiger partial charge < -0.3 is 9.64 Å². The highest BCUT2D eigenvalue weighted by atomic mass is 32.1. The van der Waals surface area contributed by atoms with Crippen molar-refractivity contribution in [1.29, 1.82) is 0 Å². The maximum absolute atomic E-state index is 12.7. The quantitative estimate of drug-likeness (QED) is 0.765. The first-order chi connectivity index (χ1) is 10.1. The Labute approximate surface area is 127 Å². The highest BCUT2D eigenvalue weighted by molar-refractivity contribution is 7.10. The highest BCUT2D eigenvalue weighted by Crippen LogP contribution is 2.11. The van der Waals surface area contributed by atoms with Crippen LogP contribution >= 0.6 is 11.3 Å². The first-order valence-electron chi connectivity index (χ1n) is 6.50. The molecular weight excluding hydrogens is 289 g/mol. The third-order valence-corrected chi connectivity index (χ3v) is 3.66. The second kappa shape index (κ2) is 7.59. The fourth-order valence-electron chi connectivity index (χ4n) is 1.61. The van der Waals surface area contributed by atoms with E-state index in [4.69, 9.17) is 4.74 Å². The van der Waals surface area contributed by atoms with Crippen LogP contribution in [-0.4, -0.2) is 31.0 Å². The van der Waals surface area contributed by atoms with Crippen molar-refractivity contribution in [1.82, 2.24) is 4.90 Å². The van der Waals surface area contributed by atoms with E-state index in [0.717, 1.165) is 4.88 Å². The second-order valence-electron chi connectivity index (χ2n) is 4.41. The lowest BCUT2D eigenvalue weighted by atomic mass is 10.3. The van der Waals surface area contributed by atoms with E-state index in [0.29, 0.717) is 18.9 Å². The summed E-state index contributed by atoms with van der Waals surface area (Å²) in [6, 6.07) is 9.70. The third-order valence-electron chi connectivity index (χ3n) is 2.82. The summed E-state index contributed by atoms with van der Waals surface area (Å²) in [7, 11) is 1.72. The Morgan fingerprint density at radius 1 is 1.33 bits per heavy atom. The number of halogens is 1.